The van der Waals surface area contributed by atoms with Crippen LogP contribution in [0.4, 0.5) is 0 Å². The topological polar surface area (TPSA) is 38.8 Å². The summed E-state index contributed by atoms with van der Waals surface area (Å²) in [6.07, 6.45) is 33.9. The second kappa shape index (κ2) is 32.6. The molecule has 228 valence electrons. The van der Waals surface area contributed by atoms with Crippen LogP contribution in [0, 0.1) is 0 Å². The highest BCUT2D eigenvalue weighted by atomic mass is 16.5. The predicted molar refractivity (Wildman–Crippen MR) is 166 cm³/mol. The van der Waals surface area contributed by atoms with Crippen LogP contribution >= 0.6 is 0 Å². The zero-order valence-electron chi connectivity index (χ0n) is 26.4. The van der Waals surface area contributed by atoms with Crippen LogP contribution < -0.4 is 0 Å². The number of hydrogen-bond acceptors (Lipinski definition) is 3. The second-order valence-corrected chi connectivity index (χ2v) is 11.6. The number of amides is 1. The van der Waals surface area contributed by atoms with Crippen molar-refractivity contribution in [3.8, 4) is 0 Å². The average Bonchev–Trinajstić information content (AvgIpc) is 2.93. The lowest BCUT2D eigenvalue weighted by atomic mass is 10.0. The summed E-state index contributed by atoms with van der Waals surface area (Å²) in [7, 11) is 1.67. The summed E-state index contributed by atoms with van der Waals surface area (Å²) in [5.41, 5.74) is 0. The van der Waals surface area contributed by atoms with Crippen molar-refractivity contribution in [1.29, 1.82) is 0 Å². The van der Waals surface area contributed by atoms with Crippen LogP contribution in [0.3, 0.4) is 0 Å². The molecule has 0 aliphatic carbocycles. The van der Waals surface area contributed by atoms with E-state index in [1.807, 2.05) is 0 Å². The van der Waals surface area contributed by atoms with Crippen LogP contribution in [0.2, 0.25) is 0 Å². The Balaban J connectivity index is 3.87. The van der Waals surface area contributed by atoms with Crippen molar-refractivity contribution in [2.24, 2.45) is 0 Å². The van der Waals surface area contributed by atoms with Gasteiger partial charge in [-0.05, 0) is 12.8 Å². The molecule has 0 bridgehead atoms. The summed E-state index contributed by atoms with van der Waals surface area (Å²) in [6, 6.07) is 0. The van der Waals surface area contributed by atoms with E-state index >= 15 is 0 Å². The number of carbonyl (C=O) groups is 1. The Kier molecular flexibility index (Phi) is 32.1. The first-order valence-corrected chi connectivity index (χ1v) is 17.1. The van der Waals surface area contributed by atoms with Crippen LogP contribution in [0.15, 0.2) is 0 Å². The standard InChI is InChI=1S/C34H69NO3/c1-4-6-8-10-12-14-16-18-20-22-24-26-28-30-35(34(36)33-38-32-31-37-3)29-27-25-23-21-19-17-15-13-11-9-7-5-2/h4-33H2,1-3H3. The molecule has 0 radical (unpaired) electrons. The maximum absolute atomic E-state index is 12.7. The lowest BCUT2D eigenvalue weighted by Gasteiger charge is -2.23. The lowest BCUT2D eigenvalue weighted by molar-refractivity contribution is -0.136. The van der Waals surface area contributed by atoms with Crippen LogP contribution in [0.25, 0.3) is 0 Å². The van der Waals surface area contributed by atoms with Crippen LogP contribution in [0.1, 0.15) is 174 Å². The highest BCUT2D eigenvalue weighted by Gasteiger charge is 2.13. The van der Waals surface area contributed by atoms with Crippen molar-refractivity contribution in [1.82, 2.24) is 4.90 Å². The van der Waals surface area contributed by atoms with Crippen molar-refractivity contribution < 1.29 is 14.3 Å². The van der Waals surface area contributed by atoms with E-state index < -0.39 is 0 Å². The Bertz CT molecular complexity index is 457. The van der Waals surface area contributed by atoms with Gasteiger partial charge in [-0.15, -0.1) is 0 Å². The molecular formula is C34H69NO3. The van der Waals surface area contributed by atoms with E-state index in [1.54, 1.807) is 7.11 Å². The van der Waals surface area contributed by atoms with E-state index in [4.69, 9.17) is 9.47 Å². The fourth-order valence-corrected chi connectivity index (χ4v) is 5.22. The van der Waals surface area contributed by atoms with Gasteiger partial charge in [0.25, 0.3) is 0 Å². The molecular weight excluding hydrogens is 470 g/mol. The fourth-order valence-electron chi connectivity index (χ4n) is 5.22. The van der Waals surface area contributed by atoms with Gasteiger partial charge in [-0.2, -0.15) is 0 Å². The molecule has 0 saturated heterocycles. The van der Waals surface area contributed by atoms with Gasteiger partial charge in [-0.3, -0.25) is 4.79 Å². The first kappa shape index (κ1) is 37.4. The Labute approximate surface area is 239 Å². The van der Waals surface area contributed by atoms with Gasteiger partial charge in [0.1, 0.15) is 6.61 Å². The van der Waals surface area contributed by atoms with Crippen molar-refractivity contribution in [2.45, 2.75) is 174 Å². The van der Waals surface area contributed by atoms with Crippen LogP contribution in [-0.4, -0.2) is 50.8 Å². The summed E-state index contributed by atoms with van der Waals surface area (Å²) in [6.45, 7) is 7.59. The van der Waals surface area contributed by atoms with E-state index in [1.165, 1.54) is 148 Å². The minimum atomic E-state index is 0.156. The number of ether oxygens (including phenoxy) is 2. The van der Waals surface area contributed by atoms with Gasteiger partial charge in [0.15, 0.2) is 0 Å². The second-order valence-electron chi connectivity index (χ2n) is 11.6. The predicted octanol–water partition coefficient (Wildman–Crippen LogP) is 10.3. The smallest absolute Gasteiger partial charge is 0.248 e. The third kappa shape index (κ3) is 28.4. The molecule has 0 aromatic heterocycles. The number of unbranched alkanes of at least 4 members (excludes halogenated alkanes) is 23. The summed E-state index contributed by atoms with van der Waals surface area (Å²) < 4.78 is 10.6. The molecule has 0 aromatic rings. The SMILES string of the molecule is CCCCCCCCCCCCCCCN(CCCCCCCCCCCCCC)C(=O)COCCOC. The molecule has 4 heteroatoms. The summed E-state index contributed by atoms with van der Waals surface area (Å²) in [4.78, 5) is 14.8. The molecule has 0 aromatic carbocycles. The molecule has 0 aliphatic rings. The maximum Gasteiger partial charge on any atom is 0.248 e. The number of nitrogens with zero attached hydrogens (tertiary/aromatic N) is 1. The van der Waals surface area contributed by atoms with Gasteiger partial charge in [-0.25, -0.2) is 0 Å². The minimum absolute atomic E-state index is 0.156. The monoisotopic (exact) mass is 540 g/mol. The zero-order chi connectivity index (χ0) is 27.8. The van der Waals surface area contributed by atoms with E-state index in [0.717, 1.165) is 25.9 Å². The van der Waals surface area contributed by atoms with Crippen LogP contribution in [0.5, 0.6) is 0 Å². The molecule has 0 N–H and O–H groups in total. The number of methoxy groups -OCH3 is 1. The summed E-state index contributed by atoms with van der Waals surface area (Å²) >= 11 is 0. The molecule has 38 heavy (non-hydrogen) atoms. The Hall–Kier alpha value is -0.610. The summed E-state index contributed by atoms with van der Waals surface area (Å²) in [5, 5.41) is 0. The van der Waals surface area contributed by atoms with Gasteiger partial charge in [0.2, 0.25) is 5.91 Å². The van der Waals surface area contributed by atoms with Crippen molar-refractivity contribution in [2.75, 3.05) is 40.0 Å². The first-order chi connectivity index (χ1) is 18.8. The average molecular weight is 540 g/mol. The lowest BCUT2D eigenvalue weighted by Crippen LogP contribution is -2.36. The van der Waals surface area contributed by atoms with E-state index in [0.29, 0.717) is 13.2 Å². The molecule has 0 fully saturated rings. The maximum atomic E-state index is 12.7. The number of carbonyl (C=O) groups excluding carboxylic acids is 1. The molecule has 1 amide bonds. The van der Waals surface area contributed by atoms with E-state index in [2.05, 4.69) is 18.7 Å². The third-order valence-electron chi connectivity index (χ3n) is 7.82. The summed E-state index contributed by atoms with van der Waals surface area (Å²) in [5.74, 6) is 0.156. The van der Waals surface area contributed by atoms with Gasteiger partial charge < -0.3 is 14.4 Å². The Morgan fingerprint density at radius 3 is 1.11 bits per heavy atom. The molecule has 4 nitrogen and oxygen atoms in total. The van der Waals surface area contributed by atoms with Gasteiger partial charge >= 0.3 is 0 Å². The molecule has 0 aliphatic heterocycles. The van der Waals surface area contributed by atoms with Crippen molar-refractivity contribution >= 4 is 5.91 Å². The Morgan fingerprint density at radius 2 is 0.789 bits per heavy atom. The molecule has 0 rings (SSSR count). The minimum Gasteiger partial charge on any atom is -0.382 e. The molecule has 0 spiro atoms. The van der Waals surface area contributed by atoms with Gasteiger partial charge in [0.05, 0.1) is 13.2 Å². The molecule has 0 heterocycles. The molecule has 0 unspecified atom stereocenters. The first-order valence-electron chi connectivity index (χ1n) is 17.1. The normalized spacial score (nSPS) is 11.3. The fraction of sp³-hybridized carbons (Fsp3) is 0.971. The zero-order valence-corrected chi connectivity index (χ0v) is 26.4. The Morgan fingerprint density at radius 1 is 0.474 bits per heavy atom. The van der Waals surface area contributed by atoms with Crippen LogP contribution in [-0.2, 0) is 14.3 Å². The van der Waals surface area contributed by atoms with E-state index in [-0.39, 0.29) is 12.5 Å². The van der Waals surface area contributed by atoms with Gasteiger partial charge in [-0.1, -0.05) is 162 Å². The highest BCUT2D eigenvalue weighted by molar-refractivity contribution is 5.77. The number of rotatable bonds is 32. The molecule has 0 atom stereocenters. The molecule has 0 saturated carbocycles. The third-order valence-corrected chi connectivity index (χ3v) is 7.82. The van der Waals surface area contributed by atoms with Gasteiger partial charge in [0, 0.05) is 20.2 Å². The highest BCUT2D eigenvalue weighted by Crippen LogP contribution is 2.14. The number of hydrogen-bond donors (Lipinski definition) is 0. The van der Waals surface area contributed by atoms with E-state index in [9.17, 15) is 4.79 Å². The quantitative estimate of drug-likeness (QED) is 0.0798. The van der Waals surface area contributed by atoms with Crippen molar-refractivity contribution in [3.05, 3.63) is 0 Å². The van der Waals surface area contributed by atoms with Crippen molar-refractivity contribution in [3.63, 3.8) is 0 Å². The largest absolute Gasteiger partial charge is 0.382 e.